The van der Waals surface area contributed by atoms with E-state index in [0.717, 1.165) is 44.9 Å². The lowest BCUT2D eigenvalue weighted by Gasteiger charge is -2.21. The van der Waals surface area contributed by atoms with Crippen LogP contribution in [0.3, 0.4) is 0 Å². The summed E-state index contributed by atoms with van der Waals surface area (Å²) >= 11 is 0. The fourth-order valence-electron chi connectivity index (χ4n) is 7.10. The predicted octanol–water partition coefficient (Wildman–Crippen LogP) is 11.4. The maximum atomic E-state index is 5.27. The van der Waals surface area contributed by atoms with Crippen molar-refractivity contribution in [3.63, 3.8) is 0 Å². The van der Waals surface area contributed by atoms with Crippen LogP contribution in [0.25, 0.3) is 83.2 Å². The lowest BCUT2D eigenvalue weighted by Crippen LogP contribution is -1.99. The Balaban J connectivity index is 1.38. The minimum Gasteiger partial charge on any atom is -0.292 e. The summed E-state index contributed by atoms with van der Waals surface area (Å²) in [5, 5.41) is 4.81. The lowest BCUT2D eigenvalue weighted by atomic mass is 9.83. The molecule has 220 valence electrons. The normalized spacial score (nSPS) is 11.4. The molecule has 0 fully saturated rings. The molecule has 2 aromatic heterocycles. The van der Waals surface area contributed by atoms with Crippen molar-refractivity contribution < 1.29 is 0 Å². The molecule has 0 aliphatic heterocycles. The van der Waals surface area contributed by atoms with E-state index < -0.39 is 0 Å². The molecule has 0 aliphatic carbocycles. The van der Waals surface area contributed by atoms with Crippen LogP contribution >= 0.6 is 0 Å². The Morgan fingerprint density at radius 1 is 0.383 bits per heavy atom. The first-order valence-electron chi connectivity index (χ1n) is 15.9. The highest BCUT2D eigenvalue weighted by Crippen LogP contribution is 2.47. The largest absolute Gasteiger partial charge is 0.292 e. The number of nitrogens with zero attached hydrogens (tertiary/aromatic N) is 3. The second-order valence-electron chi connectivity index (χ2n) is 11.7. The second kappa shape index (κ2) is 11.2. The van der Waals surface area contributed by atoms with Crippen LogP contribution in [0.1, 0.15) is 0 Å². The van der Waals surface area contributed by atoms with E-state index >= 15 is 0 Å². The first-order valence-corrected chi connectivity index (χ1v) is 15.9. The average molecular weight is 600 g/mol. The topological polar surface area (TPSA) is 30.7 Å². The van der Waals surface area contributed by atoms with Crippen molar-refractivity contribution in [1.82, 2.24) is 14.5 Å². The van der Waals surface area contributed by atoms with Gasteiger partial charge in [-0.15, -0.1) is 0 Å². The highest BCUT2D eigenvalue weighted by Gasteiger charge is 2.23. The summed E-state index contributed by atoms with van der Waals surface area (Å²) in [5.74, 6) is 0.922. The van der Waals surface area contributed by atoms with Gasteiger partial charge < -0.3 is 0 Å². The van der Waals surface area contributed by atoms with E-state index in [1.807, 2.05) is 12.3 Å². The molecule has 9 rings (SSSR count). The first-order chi connectivity index (χ1) is 23.4. The Morgan fingerprint density at radius 2 is 0.872 bits per heavy atom. The lowest BCUT2D eigenvalue weighted by molar-refractivity contribution is 1.10. The molecule has 2 heterocycles. The van der Waals surface area contributed by atoms with E-state index in [2.05, 4.69) is 168 Å². The molecule has 0 bridgehead atoms. The number of fused-ring (bicyclic) bond motifs is 3. The van der Waals surface area contributed by atoms with Gasteiger partial charge in [-0.1, -0.05) is 133 Å². The van der Waals surface area contributed by atoms with Crippen molar-refractivity contribution in [3.05, 3.63) is 176 Å². The van der Waals surface area contributed by atoms with Gasteiger partial charge in [0.2, 0.25) is 0 Å². The van der Waals surface area contributed by atoms with Crippen LogP contribution in [0.2, 0.25) is 0 Å². The van der Waals surface area contributed by atoms with Crippen molar-refractivity contribution in [2.75, 3.05) is 0 Å². The number of para-hydroxylation sites is 3. The van der Waals surface area contributed by atoms with Crippen molar-refractivity contribution in [2.24, 2.45) is 0 Å². The fraction of sp³-hybridized carbons (Fsp3) is 0. The van der Waals surface area contributed by atoms with Crippen molar-refractivity contribution in [1.29, 1.82) is 0 Å². The molecule has 0 spiro atoms. The van der Waals surface area contributed by atoms with Gasteiger partial charge >= 0.3 is 0 Å². The Labute approximate surface area is 273 Å². The first kappa shape index (κ1) is 27.0. The van der Waals surface area contributed by atoms with Gasteiger partial charge in [-0.05, 0) is 80.2 Å². The standard InChI is InChI=1S/C44H29N3/c1-2-16-30(17-3-1)47-41-28-13-12-27-40(41)46-44(47)38-25-11-10-24-37(38)43-35-22-8-6-20-33(35)42(34-21-7-9-23-36(34)43)32-19-5-4-18-31(32)39-26-14-15-29-45-39/h1-29H. The maximum absolute atomic E-state index is 5.27. The Morgan fingerprint density at radius 3 is 1.49 bits per heavy atom. The molecule has 0 aliphatic rings. The van der Waals surface area contributed by atoms with Crippen LogP contribution in [0, 0.1) is 0 Å². The van der Waals surface area contributed by atoms with Gasteiger partial charge in [0.05, 0.1) is 16.7 Å². The molecular weight excluding hydrogens is 571 g/mol. The zero-order valence-electron chi connectivity index (χ0n) is 25.6. The quantitative estimate of drug-likeness (QED) is 0.184. The summed E-state index contributed by atoms with van der Waals surface area (Å²) in [7, 11) is 0. The highest BCUT2D eigenvalue weighted by atomic mass is 15.1. The van der Waals surface area contributed by atoms with Crippen LogP contribution in [0.5, 0.6) is 0 Å². The number of rotatable bonds is 5. The van der Waals surface area contributed by atoms with Gasteiger partial charge in [-0.3, -0.25) is 9.55 Å². The zero-order valence-corrected chi connectivity index (χ0v) is 25.6. The smallest absolute Gasteiger partial charge is 0.146 e. The zero-order chi connectivity index (χ0) is 31.2. The van der Waals surface area contributed by atoms with E-state index in [-0.39, 0.29) is 0 Å². The SMILES string of the molecule is c1ccc(-n2c(-c3ccccc3-c3c4ccccc4c(-c4ccccc4-c4ccccn4)c4ccccc34)nc3ccccc32)cc1. The van der Waals surface area contributed by atoms with E-state index in [4.69, 9.17) is 9.97 Å². The van der Waals surface area contributed by atoms with E-state index in [1.165, 1.54) is 38.2 Å². The summed E-state index contributed by atoms with van der Waals surface area (Å²) in [4.78, 5) is 10.0. The average Bonchev–Trinajstić information content (AvgIpc) is 3.54. The van der Waals surface area contributed by atoms with Crippen LogP contribution in [0.15, 0.2) is 176 Å². The number of hydrogen-bond donors (Lipinski definition) is 0. The third-order valence-corrected chi connectivity index (χ3v) is 9.08. The van der Waals surface area contributed by atoms with Crippen molar-refractivity contribution >= 4 is 32.6 Å². The molecule has 3 nitrogen and oxygen atoms in total. The minimum atomic E-state index is 0.922. The number of hydrogen-bond acceptors (Lipinski definition) is 2. The summed E-state index contributed by atoms with van der Waals surface area (Å²) in [5.41, 5.74) is 11.1. The molecule has 0 saturated heterocycles. The van der Waals surface area contributed by atoms with Gasteiger partial charge in [-0.2, -0.15) is 0 Å². The highest BCUT2D eigenvalue weighted by molar-refractivity contribution is 6.23. The van der Waals surface area contributed by atoms with Crippen molar-refractivity contribution in [3.8, 4) is 50.6 Å². The molecule has 0 amide bonds. The molecule has 47 heavy (non-hydrogen) atoms. The molecule has 0 N–H and O–H groups in total. The van der Waals surface area contributed by atoms with Crippen LogP contribution in [-0.4, -0.2) is 14.5 Å². The van der Waals surface area contributed by atoms with Gasteiger partial charge in [0.25, 0.3) is 0 Å². The van der Waals surface area contributed by atoms with E-state index in [0.29, 0.717) is 0 Å². The Kier molecular flexibility index (Phi) is 6.46. The molecule has 0 atom stereocenters. The van der Waals surface area contributed by atoms with E-state index in [9.17, 15) is 0 Å². The van der Waals surface area contributed by atoms with Gasteiger partial charge in [0, 0.05) is 23.0 Å². The third kappa shape index (κ3) is 4.44. The second-order valence-corrected chi connectivity index (χ2v) is 11.7. The van der Waals surface area contributed by atoms with Crippen LogP contribution in [-0.2, 0) is 0 Å². The Hall–Kier alpha value is -6.32. The molecule has 7 aromatic carbocycles. The summed E-state index contributed by atoms with van der Waals surface area (Å²) in [6.45, 7) is 0. The Bertz CT molecular complexity index is 2510. The summed E-state index contributed by atoms with van der Waals surface area (Å²) in [6, 6.07) is 60.0. The van der Waals surface area contributed by atoms with Crippen LogP contribution < -0.4 is 0 Å². The molecule has 0 radical (unpaired) electrons. The summed E-state index contributed by atoms with van der Waals surface area (Å²) in [6.07, 6.45) is 1.87. The number of imidazole rings is 1. The number of benzene rings is 7. The number of pyridine rings is 1. The van der Waals surface area contributed by atoms with Crippen LogP contribution in [0.4, 0.5) is 0 Å². The maximum Gasteiger partial charge on any atom is 0.146 e. The molecule has 0 saturated carbocycles. The molecule has 0 unspecified atom stereocenters. The predicted molar refractivity (Wildman–Crippen MR) is 196 cm³/mol. The minimum absolute atomic E-state index is 0.922. The molecule has 9 aromatic rings. The van der Waals surface area contributed by atoms with Crippen molar-refractivity contribution in [2.45, 2.75) is 0 Å². The monoisotopic (exact) mass is 599 g/mol. The van der Waals surface area contributed by atoms with Gasteiger partial charge in [0.15, 0.2) is 0 Å². The summed E-state index contributed by atoms with van der Waals surface area (Å²) < 4.78 is 2.29. The third-order valence-electron chi connectivity index (χ3n) is 9.08. The molecular formula is C44H29N3. The van der Waals surface area contributed by atoms with E-state index in [1.54, 1.807) is 0 Å². The molecule has 3 heteroatoms. The fourth-order valence-corrected chi connectivity index (χ4v) is 7.10. The van der Waals surface area contributed by atoms with Gasteiger partial charge in [0.1, 0.15) is 5.82 Å². The number of aromatic nitrogens is 3. The van der Waals surface area contributed by atoms with Gasteiger partial charge in [-0.25, -0.2) is 4.98 Å².